The number of Topliss-reactive ketones (excluding diaryl/α,β-unsaturated/α-hetero) is 1. The normalized spacial score (nSPS) is 11.2. The van der Waals surface area contributed by atoms with Gasteiger partial charge in [0.1, 0.15) is 5.75 Å². The maximum Gasteiger partial charge on any atom is 0.377 e. The van der Waals surface area contributed by atoms with Gasteiger partial charge in [-0.15, -0.1) is 0 Å². The van der Waals surface area contributed by atoms with Crippen molar-refractivity contribution in [2.45, 2.75) is 33.1 Å². The zero-order valence-electron chi connectivity index (χ0n) is 11.3. The summed E-state index contributed by atoms with van der Waals surface area (Å²) in [6.07, 6.45) is 0. The summed E-state index contributed by atoms with van der Waals surface area (Å²) in [6, 6.07) is 3.15. The Balaban J connectivity index is 3.49. The average Bonchev–Trinajstić information content (AvgIpc) is 2.25. The van der Waals surface area contributed by atoms with E-state index >= 15 is 0 Å². The maximum atomic E-state index is 11.5. The fraction of sp³-hybridized carbons (Fsp3) is 0.429. The van der Waals surface area contributed by atoms with Crippen LogP contribution in [0, 0.1) is 6.92 Å². The Kier molecular flexibility index (Phi) is 3.79. The van der Waals surface area contributed by atoms with Crippen LogP contribution in [0.15, 0.2) is 12.1 Å². The average molecular weight is 250 g/mol. The number of benzene rings is 1. The number of hydrogen-bond donors (Lipinski definition) is 1. The molecule has 18 heavy (non-hydrogen) atoms. The van der Waals surface area contributed by atoms with Crippen LogP contribution >= 0.6 is 0 Å². The molecular weight excluding hydrogens is 232 g/mol. The van der Waals surface area contributed by atoms with Crippen molar-refractivity contribution in [1.29, 1.82) is 0 Å². The first kappa shape index (κ1) is 14.2. The molecule has 1 rings (SSSR count). The lowest BCUT2D eigenvalue weighted by molar-refractivity contribution is -0.131. The van der Waals surface area contributed by atoms with Crippen molar-refractivity contribution >= 4 is 11.8 Å². The Morgan fingerprint density at radius 2 is 1.78 bits per heavy atom. The second kappa shape index (κ2) is 4.80. The summed E-state index contributed by atoms with van der Waals surface area (Å²) in [5.74, 6) is -1.64. The second-order valence-corrected chi connectivity index (χ2v) is 5.26. The van der Waals surface area contributed by atoms with Crippen molar-refractivity contribution in [1.82, 2.24) is 0 Å². The number of ether oxygens (including phenoxy) is 1. The van der Waals surface area contributed by atoms with Gasteiger partial charge in [0.2, 0.25) is 0 Å². The van der Waals surface area contributed by atoms with Gasteiger partial charge in [-0.05, 0) is 30.0 Å². The van der Waals surface area contributed by atoms with E-state index in [1.807, 2.05) is 20.8 Å². The lowest BCUT2D eigenvalue weighted by Crippen LogP contribution is -2.18. The third-order valence-electron chi connectivity index (χ3n) is 2.74. The highest BCUT2D eigenvalue weighted by Gasteiger charge is 2.24. The van der Waals surface area contributed by atoms with Gasteiger partial charge in [-0.1, -0.05) is 20.8 Å². The third-order valence-corrected chi connectivity index (χ3v) is 2.74. The van der Waals surface area contributed by atoms with Gasteiger partial charge in [-0.25, -0.2) is 4.79 Å². The Hall–Kier alpha value is -1.84. The smallest absolute Gasteiger partial charge is 0.377 e. The zero-order valence-corrected chi connectivity index (χ0v) is 11.3. The molecule has 1 aromatic rings. The molecule has 4 heteroatoms. The molecule has 0 unspecified atom stereocenters. The third kappa shape index (κ3) is 2.70. The highest BCUT2D eigenvalue weighted by molar-refractivity contribution is 6.39. The molecule has 1 aromatic carbocycles. The van der Waals surface area contributed by atoms with Crippen molar-refractivity contribution < 1.29 is 19.4 Å². The second-order valence-electron chi connectivity index (χ2n) is 5.26. The highest BCUT2D eigenvalue weighted by atomic mass is 16.5. The van der Waals surface area contributed by atoms with Gasteiger partial charge >= 0.3 is 5.97 Å². The van der Waals surface area contributed by atoms with Gasteiger partial charge in [0.25, 0.3) is 5.78 Å². The standard InChI is InChI=1S/C14H18O4/c1-8-6-9(11(15)13(16)17)7-10(12(8)18-5)14(2,3)4/h6-7H,1-5H3,(H,16,17). The predicted molar refractivity (Wildman–Crippen MR) is 68.4 cm³/mol. The van der Waals surface area contributed by atoms with Crippen LogP contribution in [-0.2, 0) is 10.2 Å². The number of aryl methyl sites for hydroxylation is 1. The van der Waals surface area contributed by atoms with E-state index in [1.165, 1.54) is 0 Å². The van der Waals surface area contributed by atoms with Crippen LogP contribution in [0.5, 0.6) is 5.75 Å². The molecule has 0 fully saturated rings. The van der Waals surface area contributed by atoms with Crippen LogP contribution in [0.2, 0.25) is 0 Å². The topological polar surface area (TPSA) is 63.6 Å². The first-order chi connectivity index (χ1) is 8.18. The van der Waals surface area contributed by atoms with E-state index in [2.05, 4.69) is 0 Å². The van der Waals surface area contributed by atoms with E-state index in [1.54, 1.807) is 26.2 Å². The Labute approximate surface area is 107 Å². The first-order valence-electron chi connectivity index (χ1n) is 5.65. The lowest BCUT2D eigenvalue weighted by atomic mass is 9.83. The number of aliphatic carboxylic acids is 1. The monoisotopic (exact) mass is 250 g/mol. The SMILES string of the molecule is COc1c(C)cc(C(=O)C(=O)O)cc1C(C)(C)C. The number of carboxylic acid groups (broad SMARTS) is 1. The molecule has 98 valence electrons. The summed E-state index contributed by atoms with van der Waals surface area (Å²) < 4.78 is 5.34. The number of rotatable bonds is 3. The van der Waals surface area contributed by atoms with Gasteiger partial charge in [-0.2, -0.15) is 0 Å². The molecule has 0 aliphatic carbocycles. The number of carbonyl (C=O) groups is 2. The molecule has 4 nitrogen and oxygen atoms in total. The van der Waals surface area contributed by atoms with Crippen LogP contribution < -0.4 is 4.74 Å². The molecule has 0 aliphatic rings. The molecule has 0 amide bonds. The Morgan fingerprint density at radius 3 is 2.17 bits per heavy atom. The van der Waals surface area contributed by atoms with Gasteiger partial charge < -0.3 is 9.84 Å². The van der Waals surface area contributed by atoms with E-state index in [4.69, 9.17) is 9.84 Å². The molecule has 0 saturated carbocycles. The van der Waals surface area contributed by atoms with E-state index in [-0.39, 0.29) is 11.0 Å². The van der Waals surface area contributed by atoms with Crippen molar-refractivity contribution in [2.75, 3.05) is 7.11 Å². The number of ketones is 1. The minimum atomic E-state index is -1.44. The molecule has 0 aromatic heterocycles. The quantitative estimate of drug-likeness (QED) is 0.661. The molecule has 0 radical (unpaired) electrons. The van der Waals surface area contributed by atoms with Crippen LogP contribution in [0.1, 0.15) is 42.3 Å². The fourth-order valence-electron chi connectivity index (χ4n) is 1.86. The number of methoxy groups -OCH3 is 1. The van der Waals surface area contributed by atoms with Crippen molar-refractivity contribution in [2.24, 2.45) is 0 Å². The molecule has 0 spiro atoms. The van der Waals surface area contributed by atoms with E-state index in [0.29, 0.717) is 5.75 Å². The molecule has 0 heterocycles. The maximum absolute atomic E-state index is 11.5. The van der Waals surface area contributed by atoms with E-state index in [9.17, 15) is 9.59 Å². The molecular formula is C14H18O4. The Morgan fingerprint density at radius 1 is 1.22 bits per heavy atom. The van der Waals surface area contributed by atoms with Crippen LogP contribution in [0.25, 0.3) is 0 Å². The summed E-state index contributed by atoms with van der Waals surface area (Å²) in [5, 5.41) is 8.77. The van der Waals surface area contributed by atoms with Crippen LogP contribution in [-0.4, -0.2) is 24.0 Å². The van der Waals surface area contributed by atoms with Crippen molar-refractivity contribution in [3.63, 3.8) is 0 Å². The number of carbonyl (C=O) groups excluding carboxylic acids is 1. The van der Waals surface area contributed by atoms with Crippen molar-refractivity contribution in [3.05, 3.63) is 28.8 Å². The zero-order chi connectivity index (χ0) is 14.1. The van der Waals surface area contributed by atoms with E-state index < -0.39 is 11.8 Å². The molecule has 0 aliphatic heterocycles. The summed E-state index contributed by atoms with van der Waals surface area (Å²) in [5.41, 5.74) is 1.54. The lowest BCUT2D eigenvalue weighted by Gasteiger charge is -2.24. The number of hydrogen-bond acceptors (Lipinski definition) is 3. The summed E-state index contributed by atoms with van der Waals surface area (Å²) >= 11 is 0. The van der Waals surface area contributed by atoms with Crippen molar-refractivity contribution in [3.8, 4) is 5.75 Å². The fourth-order valence-corrected chi connectivity index (χ4v) is 1.86. The first-order valence-corrected chi connectivity index (χ1v) is 5.65. The van der Waals surface area contributed by atoms with Crippen LogP contribution in [0.4, 0.5) is 0 Å². The summed E-state index contributed by atoms with van der Waals surface area (Å²) in [4.78, 5) is 22.3. The number of carboxylic acids is 1. The van der Waals surface area contributed by atoms with E-state index in [0.717, 1.165) is 11.1 Å². The molecule has 1 N–H and O–H groups in total. The Bertz CT molecular complexity index is 495. The minimum Gasteiger partial charge on any atom is -0.496 e. The largest absolute Gasteiger partial charge is 0.496 e. The van der Waals surface area contributed by atoms with Gasteiger partial charge in [0.05, 0.1) is 7.11 Å². The minimum absolute atomic E-state index is 0.186. The molecule has 0 saturated heterocycles. The van der Waals surface area contributed by atoms with Gasteiger partial charge in [0, 0.05) is 11.1 Å². The predicted octanol–water partition coefficient (Wildman–Crippen LogP) is 2.57. The molecule has 0 atom stereocenters. The highest BCUT2D eigenvalue weighted by Crippen LogP contribution is 2.34. The summed E-state index contributed by atoms with van der Waals surface area (Å²) in [6.45, 7) is 7.75. The van der Waals surface area contributed by atoms with Gasteiger partial charge in [-0.3, -0.25) is 4.79 Å². The van der Waals surface area contributed by atoms with Gasteiger partial charge in [0.15, 0.2) is 0 Å². The summed E-state index contributed by atoms with van der Waals surface area (Å²) in [7, 11) is 1.57. The van der Waals surface area contributed by atoms with Crippen LogP contribution in [0.3, 0.4) is 0 Å². The molecule has 0 bridgehead atoms.